The largest absolute Gasteiger partial charge is 0.490 e. The van der Waals surface area contributed by atoms with Gasteiger partial charge in [-0.05, 0) is 37.7 Å². The van der Waals surface area contributed by atoms with E-state index in [9.17, 15) is 0 Å². The Morgan fingerprint density at radius 1 is 1.38 bits per heavy atom. The fourth-order valence-electron chi connectivity index (χ4n) is 2.09. The molecule has 1 saturated carbocycles. The molecule has 1 aliphatic rings. The summed E-state index contributed by atoms with van der Waals surface area (Å²) < 4.78 is 5.86. The Hall–Kier alpha value is -1.56. The first-order valence-corrected chi connectivity index (χ1v) is 5.80. The summed E-state index contributed by atoms with van der Waals surface area (Å²) in [5.41, 5.74) is 0.418. The summed E-state index contributed by atoms with van der Waals surface area (Å²) in [5.74, 6) is 1.60. The zero-order chi connectivity index (χ0) is 11.4. The second-order valence-electron chi connectivity index (χ2n) is 4.49. The molecule has 0 aliphatic heterocycles. The molecule has 1 aliphatic carbocycles. The normalized spacial score (nSPS) is 24.8. The predicted octanol–water partition coefficient (Wildman–Crippen LogP) is 2.91. The molecule has 0 bridgehead atoms. The SMILES string of the molecule is C[C@H]1CC[C@H](Oc2ccnc(C#N)c2)CC1. The minimum Gasteiger partial charge on any atom is -0.490 e. The lowest BCUT2D eigenvalue weighted by molar-refractivity contribution is 0.135. The Morgan fingerprint density at radius 3 is 2.81 bits per heavy atom. The summed E-state index contributed by atoms with van der Waals surface area (Å²) in [7, 11) is 0. The number of pyridine rings is 1. The lowest BCUT2D eigenvalue weighted by Crippen LogP contribution is -2.23. The van der Waals surface area contributed by atoms with Crippen LogP contribution in [0.3, 0.4) is 0 Å². The summed E-state index contributed by atoms with van der Waals surface area (Å²) in [6, 6.07) is 5.55. The highest BCUT2D eigenvalue weighted by Gasteiger charge is 2.19. The van der Waals surface area contributed by atoms with Gasteiger partial charge in [-0.3, -0.25) is 0 Å². The van der Waals surface area contributed by atoms with Crippen LogP contribution < -0.4 is 4.74 Å². The van der Waals surface area contributed by atoms with Gasteiger partial charge in [-0.1, -0.05) is 6.92 Å². The van der Waals surface area contributed by atoms with Crippen LogP contribution in [0.2, 0.25) is 0 Å². The first-order chi connectivity index (χ1) is 7.78. The van der Waals surface area contributed by atoms with Crippen LogP contribution in [0.4, 0.5) is 0 Å². The molecule has 0 amide bonds. The zero-order valence-corrected chi connectivity index (χ0v) is 9.52. The van der Waals surface area contributed by atoms with Gasteiger partial charge in [-0.25, -0.2) is 4.98 Å². The van der Waals surface area contributed by atoms with E-state index >= 15 is 0 Å². The lowest BCUT2D eigenvalue weighted by Gasteiger charge is -2.26. The third-order valence-electron chi connectivity index (χ3n) is 3.11. The molecule has 0 saturated heterocycles. The minimum absolute atomic E-state index is 0.310. The number of ether oxygens (including phenoxy) is 1. The maximum Gasteiger partial charge on any atom is 0.144 e. The number of aromatic nitrogens is 1. The summed E-state index contributed by atoms with van der Waals surface area (Å²) in [4.78, 5) is 3.92. The molecule has 0 N–H and O–H groups in total. The maximum atomic E-state index is 8.73. The van der Waals surface area contributed by atoms with E-state index in [4.69, 9.17) is 10.00 Å². The Labute approximate surface area is 96.1 Å². The van der Waals surface area contributed by atoms with Crippen molar-refractivity contribution in [3.8, 4) is 11.8 Å². The molecule has 0 radical (unpaired) electrons. The molecule has 1 aromatic rings. The number of hydrogen-bond donors (Lipinski definition) is 0. The first kappa shape index (κ1) is 10.9. The Morgan fingerprint density at radius 2 is 2.12 bits per heavy atom. The molecule has 2 rings (SSSR count). The molecule has 0 unspecified atom stereocenters. The minimum atomic E-state index is 0.310. The van der Waals surface area contributed by atoms with Crippen molar-refractivity contribution in [2.45, 2.75) is 38.7 Å². The summed E-state index contributed by atoms with van der Waals surface area (Å²) in [6.07, 6.45) is 6.64. The van der Waals surface area contributed by atoms with Crippen molar-refractivity contribution in [2.75, 3.05) is 0 Å². The van der Waals surface area contributed by atoms with Crippen molar-refractivity contribution in [3.63, 3.8) is 0 Å². The van der Waals surface area contributed by atoms with Gasteiger partial charge in [0.1, 0.15) is 17.5 Å². The average Bonchev–Trinajstić information content (AvgIpc) is 2.32. The molecule has 0 atom stereocenters. The third-order valence-corrected chi connectivity index (χ3v) is 3.11. The van der Waals surface area contributed by atoms with Crippen LogP contribution in [0.1, 0.15) is 38.3 Å². The van der Waals surface area contributed by atoms with Gasteiger partial charge in [0.2, 0.25) is 0 Å². The van der Waals surface area contributed by atoms with Crippen molar-refractivity contribution in [2.24, 2.45) is 5.92 Å². The maximum absolute atomic E-state index is 8.73. The van der Waals surface area contributed by atoms with Crippen molar-refractivity contribution >= 4 is 0 Å². The standard InChI is InChI=1S/C13H16N2O/c1-10-2-4-12(5-3-10)16-13-6-7-15-11(8-13)9-14/h6-8,10,12H,2-5H2,1H3/t10-,12-. The lowest BCUT2D eigenvalue weighted by atomic mass is 9.89. The van der Waals surface area contributed by atoms with Crippen molar-refractivity contribution in [3.05, 3.63) is 24.0 Å². The topological polar surface area (TPSA) is 45.9 Å². The van der Waals surface area contributed by atoms with Crippen LogP contribution in [0.15, 0.2) is 18.3 Å². The van der Waals surface area contributed by atoms with Crippen molar-refractivity contribution in [1.29, 1.82) is 5.26 Å². The molecule has 0 aromatic carbocycles. The van der Waals surface area contributed by atoms with E-state index in [1.165, 1.54) is 12.8 Å². The number of rotatable bonds is 2. The van der Waals surface area contributed by atoms with Crippen molar-refractivity contribution < 1.29 is 4.74 Å². The highest BCUT2D eigenvalue weighted by Crippen LogP contribution is 2.27. The molecule has 0 spiro atoms. The van der Waals surface area contributed by atoms with E-state index < -0.39 is 0 Å². The van der Waals surface area contributed by atoms with Crippen LogP contribution >= 0.6 is 0 Å². The molecule has 3 nitrogen and oxygen atoms in total. The fraction of sp³-hybridized carbons (Fsp3) is 0.538. The van der Waals surface area contributed by atoms with Gasteiger partial charge in [0.15, 0.2) is 0 Å². The summed E-state index contributed by atoms with van der Waals surface area (Å²) in [5, 5.41) is 8.73. The second kappa shape index (κ2) is 4.98. The van der Waals surface area contributed by atoms with Crippen LogP contribution in [0.5, 0.6) is 5.75 Å². The summed E-state index contributed by atoms with van der Waals surface area (Å²) in [6.45, 7) is 2.29. The van der Waals surface area contributed by atoms with E-state index in [0.717, 1.165) is 24.5 Å². The van der Waals surface area contributed by atoms with Crippen LogP contribution in [0, 0.1) is 17.2 Å². The zero-order valence-electron chi connectivity index (χ0n) is 9.52. The van der Waals surface area contributed by atoms with Crippen LogP contribution in [-0.2, 0) is 0 Å². The first-order valence-electron chi connectivity index (χ1n) is 5.80. The quantitative estimate of drug-likeness (QED) is 0.763. The molecule has 1 heterocycles. The highest BCUT2D eigenvalue weighted by molar-refractivity contribution is 5.29. The smallest absolute Gasteiger partial charge is 0.144 e. The van der Waals surface area contributed by atoms with Crippen LogP contribution in [-0.4, -0.2) is 11.1 Å². The second-order valence-corrected chi connectivity index (χ2v) is 4.49. The van der Waals surface area contributed by atoms with Gasteiger partial charge in [0.05, 0.1) is 6.10 Å². The van der Waals surface area contributed by atoms with Crippen LogP contribution in [0.25, 0.3) is 0 Å². The molecular weight excluding hydrogens is 200 g/mol. The highest BCUT2D eigenvalue weighted by atomic mass is 16.5. The summed E-state index contributed by atoms with van der Waals surface area (Å²) >= 11 is 0. The Bertz CT molecular complexity index is 389. The monoisotopic (exact) mass is 216 g/mol. The van der Waals surface area contributed by atoms with E-state index in [-0.39, 0.29) is 0 Å². The fourth-order valence-corrected chi connectivity index (χ4v) is 2.09. The molecule has 84 valence electrons. The van der Waals surface area contributed by atoms with Gasteiger partial charge in [0, 0.05) is 12.3 Å². The number of nitrogens with zero attached hydrogens (tertiary/aromatic N) is 2. The molecule has 1 fully saturated rings. The molecule has 16 heavy (non-hydrogen) atoms. The molecule has 1 aromatic heterocycles. The van der Waals surface area contributed by atoms with Gasteiger partial charge < -0.3 is 4.74 Å². The molecule has 3 heteroatoms. The van der Waals surface area contributed by atoms with Gasteiger partial charge in [-0.15, -0.1) is 0 Å². The van der Waals surface area contributed by atoms with Crippen molar-refractivity contribution in [1.82, 2.24) is 4.98 Å². The third kappa shape index (κ3) is 2.73. The van der Waals surface area contributed by atoms with Gasteiger partial charge in [-0.2, -0.15) is 5.26 Å². The van der Waals surface area contributed by atoms with Gasteiger partial charge in [0.25, 0.3) is 0 Å². The van der Waals surface area contributed by atoms with E-state index in [0.29, 0.717) is 11.8 Å². The Balaban J connectivity index is 1.96. The van der Waals surface area contributed by atoms with E-state index in [2.05, 4.69) is 11.9 Å². The Kier molecular flexibility index (Phi) is 3.40. The average molecular weight is 216 g/mol. The number of nitriles is 1. The van der Waals surface area contributed by atoms with Gasteiger partial charge >= 0.3 is 0 Å². The predicted molar refractivity (Wildman–Crippen MR) is 61.0 cm³/mol. The van der Waals surface area contributed by atoms with E-state index in [1.807, 2.05) is 12.1 Å². The van der Waals surface area contributed by atoms with E-state index in [1.54, 1.807) is 12.3 Å². The number of hydrogen-bond acceptors (Lipinski definition) is 3. The molecular formula is C13H16N2O.